The van der Waals surface area contributed by atoms with Gasteiger partial charge in [-0.2, -0.15) is 4.72 Å². The number of nitrogens with one attached hydrogen (secondary N) is 1. The highest BCUT2D eigenvalue weighted by atomic mass is 32.2. The fourth-order valence-corrected chi connectivity index (χ4v) is 2.85. The first-order valence-electron chi connectivity index (χ1n) is 5.85. The van der Waals surface area contributed by atoms with Crippen molar-refractivity contribution in [2.75, 3.05) is 0 Å². The molecule has 0 spiro atoms. The highest BCUT2D eigenvalue weighted by Gasteiger charge is 2.27. The van der Waals surface area contributed by atoms with Gasteiger partial charge < -0.3 is 5.73 Å². The Morgan fingerprint density at radius 2 is 1.89 bits per heavy atom. The molecule has 2 unspecified atom stereocenters. The molecule has 0 fully saturated rings. The Hall–Kier alpha value is -1.47. The standard InChI is InChI=1S/C12H17FN2O3S/c1-3-8(2)11(12(14)16)15-19(17,18)10-6-4-9(13)5-7-10/h4-8,11,15H,3H2,1-2H3,(H2,14,16). The highest BCUT2D eigenvalue weighted by Crippen LogP contribution is 2.14. The molecule has 7 heteroatoms. The molecular formula is C12H17FN2O3S. The number of carbonyl (C=O) groups is 1. The molecule has 1 aromatic rings. The first-order chi connectivity index (χ1) is 8.77. The summed E-state index contributed by atoms with van der Waals surface area (Å²) in [5.41, 5.74) is 5.20. The van der Waals surface area contributed by atoms with Crippen LogP contribution in [-0.4, -0.2) is 20.4 Å². The van der Waals surface area contributed by atoms with Gasteiger partial charge in [-0.05, 0) is 30.2 Å². The topological polar surface area (TPSA) is 89.3 Å². The maximum Gasteiger partial charge on any atom is 0.241 e. The third kappa shape index (κ3) is 4.00. The minimum absolute atomic E-state index is 0.108. The van der Waals surface area contributed by atoms with Gasteiger partial charge in [0.2, 0.25) is 15.9 Å². The number of carbonyl (C=O) groups excluding carboxylic acids is 1. The summed E-state index contributed by atoms with van der Waals surface area (Å²) in [4.78, 5) is 11.2. The van der Waals surface area contributed by atoms with E-state index < -0.39 is 27.8 Å². The molecule has 0 heterocycles. The lowest BCUT2D eigenvalue weighted by atomic mass is 10.00. The van der Waals surface area contributed by atoms with Crippen LogP contribution in [0.2, 0.25) is 0 Å². The number of primary amides is 1. The Morgan fingerprint density at radius 1 is 1.37 bits per heavy atom. The molecule has 0 aliphatic carbocycles. The van der Waals surface area contributed by atoms with Crippen LogP contribution in [0.3, 0.4) is 0 Å². The van der Waals surface area contributed by atoms with E-state index in [9.17, 15) is 17.6 Å². The minimum Gasteiger partial charge on any atom is -0.368 e. The van der Waals surface area contributed by atoms with Gasteiger partial charge in [0.1, 0.15) is 11.9 Å². The van der Waals surface area contributed by atoms with Gasteiger partial charge in [0.05, 0.1) is 4.90 Å². The van der Waals surface area contributed by atoms with Crippen LogP contribution >= 0.6 is 0 Å². The van der Waals surface area contributed by atoms with Gasteiger partial charge in [-0.3, -0.25) is 4.79 Å². The summed E-state index contributed by atoms with van der Waals surface area (Å²) in [6.45, 7) is 3.55. The summed E-state index contributed by atoms with van der Waals surface area (Å²) < 4.78 is 39.1. The SMILES string of the molecule is CCC(C)C(NS(=O)(=O)c1ccc(F)cc1)C(N)=O. The van der Waals surface area contributed by atoms with Gasteiger partial charge in [0, 0.05) is 0 Å². The quantitative estimate of drug-likeness (QED) is 0.818. The number of nitrogens with two attached hydrogens (primary N) is 1. The first-order valence-corrected chi connectivity index (χ1v) is 7.33. The molecule has 106 valence electrons. The second kappa shape index (κ2) is 6.12. The molecule has 1 rings (SSSR count). The first kappa shape index (κ1) is 15.6. The number of sulfonamides is 1. The summed E-state index contributed by atoms with van der Waals surface area (Å²) in [6.07, 6.45) is 0.597. The molecule has 19 heavy (non-hydrogen) atoms. The zero-order valence-corrected chi connectivity index (χ0v) is 11.6. The summed E-state index contributed by atoms with van der Waals surface area (Å²) in [7, 11) is -3.89. The van der Waals surface area contributed by atoms with E-state index in [1.807, 2.05) is 6.92 Å². The predicted molar refractivity (Wildman–Crippen MR) is 69.2 cm³/mol. The van der Waals surface area contributed by atoms with Gasteiger partial charge in [-0.15, -0.1) is 0 Å². The second-order valence-electron chi connectivity index (χ2n) is 4.34. The van der Waals surface area contributed by atoms with Crippen LogP contribution in [-0.2, 0) is 14.8 Å². The van der Waals surface area contributed by atoms with Crippen LogP contribution in [0.4, 0.5) is 4.39 Å². The Labute approximate surface area is 112 Å². The van der Waals surface area contributed by atoms with Crippen molar-refractivity contribution in [3.05, 3.63) is 30.1 Å². The molecule has 0 aliphatic rings. The van der Waals surface area contributed by atoms with Crippen molar-refractivity contribution in [1.82, 2.24) is 4.72 Å². The van der Waals surface area contributed by atoms with E-state index in [1.165, 1.54) is 0 Å². The molecule has 0 bridgehead atoms. The van der Waals surface area contributed by atoms with E-state index in [1.54, 1.807) is 6.92 Å². The van der Waals surface area contributed by atoms with E-state index in [0.29, 0.717) is 6.42 Å². The van der Waals surface area contributed by atoms with Crippen molar-refractivity contribution in [2.24, 2.45) is 11.7 Å². The van der Waals surface area contributed by atoms with E-state index in [-0.39, 0.29) is 10.8 Å². The van der Waals surface area contributed by atoms with Crippen molar-refractivity contribution >= 4 is 15.9 Å². The van der Waals surface area contributed by atoms with E-state index >= 15 is 0 Å². The molecule has 3 N–H and O–H groups in total. The minimum atomic E-state index is -3.89. The Kier molecular flexibility index (Phi) is 5.02. The molecule has 2 atom stereocenters. The molecule has 0 aliphatic heterocycles. The van der Waals surface area contributed by atoms with Crippen LogP contribution in [0.5, 0.6) is 0 Å². The van der Waals surface area contributed by atoms with Crippen molar-refractivity contribution in [3.63, 3.8) is 0 Å². The van der Waals surface area contributed by atoms with Crippen LogP contribution in [0.15, 0.2) is 29.2 Å². The molecule has 1 aromatic carbocycles. The van der Waals surface area contributed by atoms with Crippen LogP contribution in [0, 0.1) is 11.7 Å². The van der Waals surface area contributed by atoms with Gasteiger partial charge in [0.25, 0.3) is 0 Å². The van der Waals surface area contributed by atoms with Gasteiger partial charge in [-0.1, -0.05) is 20.3 Å². The summed E-state index contributed by atoms with van der Waals surface area (Å²) in [5, 5.41) is 0. The number of hydrogen-bond acceptors (Lipinski definition) is 3. The third-order valence-electron chi connectivity index (χ3n) is 2.93. The molecule has 1 amide bonds. The Morgan fingerprint density at radius 3 is 2.32 bits per heavy atom. The van der Waals surface area contributed by atoms with Gasteiger partial charge >= 0.3 is 0 Å². The van der Waals surface area contributed by atoms with E-state index in [0.717, 1.165) is 24.3 Å². The molecule has 0 radical (unpaired) electrons. The van der Waals surface area contributed by atoms with Crippen LogP contribution in [0.1, 0.15) is 20.3 Å². The maximum absolute atomic E-state index is 12.8. The Balaban J connectivity index is 3.00. The molecular weight excluding hydrogens is 271 g/mol. The lowest BCUT2D eigenvalue weighted by Gasteiger charge is -2.21. The van der Waals surface area contributed by atoms with E-state index in [2.05, 4.69) is 4.72 Å². The smallest absolute Gasteiger partial charge is 0.241 e. The average molecular weight is 288 g/mol. The highest BCUT2D eigenvalue weighted by molar-refractivity contribution is 7.89. The Bertz CT molecular complexity index is 543. The lowest BCUT2D eigenvalue weighted by Crippen LogP contribution is -2.48. The average Bonchev–Trinajstić information content (AvgIpc) is 2.35. The molecule has 0 aromatic heterocycles. The van der Waals surface area contributed by atoms with Crippen LogP contribution < -0.4 is 10.5 Å². The normalized spacial score (nSPS) is 14.9. The number of halogens is 1. The van der Waals surface area contributed by atoms with Gasteiger partial charge in [0.15, 0.2) is 0 Å². The maximum atomic E-state index is 12.8. The lowest BCUT2D eigenvalue weighted by molar-refractivity contribution is -0.120. The van der Waals surface area contributed by atoms with Crippen molar-refractivity contribution in [2.45, 2.75) is 31.2 Å². The number of amides is 1. The fourth-order valence-electron chi connectivity index (χ4n) is 1.54. The van der Waals surface area contributed by atoms with Crippen molar-refractivity contribution in [1.29, 1.82) is 0 Å². The second-order valence-corrected chi connectivity index (χ2v) is 6.05. The van der Waals surface area contributed by atoms with Crippen molar-refractivity contribution < 1.29 is 17.6 Å². The summed E-state index contributed by atoms with van der Waals surface area (Å²) in [5.74, 6) is -1.50. The molecule has 0 saturated carbocycles. The predicted octanol–water partition coefficient (Wildman–Crippen LogP) is 1.00. The molecule has 0 saturated heterocycles. The zero-order valence-electron chi connectivity index (χ0n) is 10.8. The number of rotatable bonds is 6. The van der Waals surface area contributed by atoms with Crippen LogP contribution in [0.25, 0.3) is 0 Å². The number of benzene rings is 1. The summed E-state index contributed by atoms with van der Waals surface area (Å²) >= 11 is 0. The van der Waals surface area contributed by atoms with Gasteiger partial charge in [-0.25, -0.2) is 12.8 Å². The van der Waals surface area contributed by atoms with E-state index in [4.69, 9.17) is 5.73 Å². The third-order valence-corrected chi connectivity index (χ3v) is 4.38. The fraction of sp³-hybridized carbons (Fsp3) is 0.417. The molecule has 5 nitrogen and oxygen atoms in total. The monoisotopic (exact) mass is 288 g/mol. The number of hydrogen-bond donors (Lipinski definition) is 2. The summed E-state index contributed by atoms with van der Waals surface area (Å²) in [6, 6.07) is 3.35. The van der Waals surface area contributed by atoms with Crippen molar-refractivity contribution in [3.8, 4) is 0 Å². The zero-order chi connectivity index (χ0) is 14.6. The largest absolute Gasteiger partial charge is 0.368 e.